The summed E-state index contributed by atoms with van der Waals surface area (Å²) in [6.45, 7) is -0.396. The Hall–Kier alpha value is -3.60. The fourth-order valence-electron chi connectivity index (χ4n) is 2.87. The van der Waals surface area contributed by atoms with E-state index in [1.54, 1.807) is 0 Å². The van der Waals surface area contributed by atoms with Crippen LogP contribution in [0.15, 0.2) is 84.9 Å². The van der Waals surface area contributed by atoms with E-state index in [1.807, 2.05) is 60.7 Å². The highest BCUT2D eigenvalue weighted by atomic mass is 16.5. The lowest BCUT2D eigenvalue weighted by molar-refractivity contribution is -0.125. The first-order valence-electron chi connectivity index (χ1n) is 8.96. The van der Waals surface area contributed by atoms with Crippen LogP contribution in [0.4, 0.5) is 0 Å². The van der Waals surface area contributed by atoms with Crippen molar-refractivity contribution < 1.29 is 19.4 Å². The number of nitrogens with one attached hydrogen (secondary N) is 1. The molecule has 2 N–H and O–H groups in total. The quantitative estimate of drug-likeness (QED) is 0.618. The number of carbonyl (C=O) groups excluding carboxylic acids is 2. The third-order valence-corrected chi connectivity index (χ3v) is 4.24. The highest BCUT2D eigenvalue weighted by Crippen LogP contribution is 2.18. The summed E-state index contributed by atoms with van der Waals surface area (Å²) in [5, 5.41) is 12.4. The fraction of sp³-hybridized carbons (Fsp3) is 0.130. The van der Waals surface area contributed by atoms with Gasteiger partial charge in [-0.1, -0.05) is 66.7 Å². The first kappa shape index (κ1) is 19.2. The molecule has 0 aliphatic rings. The van der Waals surface area contributed by atoms with Gasteiger partial charge in [-0.3, -0.25) is 4.79 Å². The Labute approximate surface area is 163 Å². The Balaban J connectivity index is 1.63. The van der Waals surface area contributed by atoms with Crippen molar-refractivity contribution in [3.8, 4) is 5.75 Å². The first-order valence-corrected chi connectivity index (χ1v) is 8.96. The molecule has 0 aromatic heterocycles. The predicted octanol–water partition coefficient (Wildman–Crippen LogP) is 3.65. The second-order valence-electron chi connectivity index (χ2n) is 6.35. The monoisotopic (exact) mass is 375 g/mol. The molecule has 0 aliphatic carbocycles. The Morgan fingerprint density at radius 1 is 0.893 bits per heavy atom. The summed E-state index contributed by atoms with van der Waals surface area (Å²) in [5.41, 5.74) is 2.25. The van der Waals surface area contributed by atoms with Crippen LogP contribution in [0.1, 0.15) is 27.5 Å². The molecular weight excluding hydrogens is 354 g/mol. The molecule has 3 rings (SSSR count). The predicted molar refractivity (Wildman–Crippen MR) is 106 cm³/mol. The van der Waals surface area contributed by atoms with E-state index >= 15 is 0 Å². The summed E-state index contributed by atoms with van der Waals surface area (Å²) in [4.78, 5) is 24.4. The second kappa shape index (κ2) is 9.37. The molecule has 0 bridgehead atoms. The van der Waals surface area contributed by atoms with E-state index in [-0.39, 0.29) is 17.4 Å². The molecule has 1 atom stereocenters. The largest absolute Gasteiger partial charge is 0.508 e. The molecule has 0 aliphatic heterocycles. The van der Waals surface area contributed by atoms with Gasteiger partial charge in [0.25, 0.3) is 5.91 Å². The number of phenols is 1. The number of esters is 1. The SMILES string of the molecule is O=C(COC(=O)c1cccc(O)c1)N[C@H](Cc1ccccc1)c1ccccc1. The maximum atomic E-state index is 12.4. The number of hydrogen-bond acceptors (Lipinski definition) is 4. The summed E-state index contributed by atoms with van der Waals surface area (Å²) >= 11 is 0. The Bertz CT molecular complexity index is 926. The van der Waals surface area contributed by atoms with Gasteiger partial charge in [-0.25, -0.2) is 4.79 Å². The van der Waals surface area contributed by atoms with Crippen molar-refractivity contribution in [2.45, 2.75) is 12.5 Å². The van der Waals surface area contributed by atoms with E-state index in [1.165, 1.54) is 24.3 Å². The van der Waals surface area contributed by atoms with Crippen molar-refractivity contribution in [3.63, 3.8) is 0 Å². The van der Waals surface area contributed by atoms with Gasteiger partial charge in [0, 0.05) is 0 Å². The second-order valence-corrected chi connectivity index (χ2v) is 6.35. The molecule has 28 heavy (non-hydrogen) atoms. The van der Waals surface area contributed by atoms with Crippen LogP contribution in [-0.4, -0.2) is 23.6 Å². The van der Waals surface area contributed by atoms with Crippen LogP contribution in [0, 0.1) is 0 Å². The zero-order valence-corrected chi connectivity index (χ0v) is 15.2. The summed E-state index contributed by atoms with van der Waals surface area (Å²) < 4.78 is 5.07. The molecular formula is C23H21NO4. The van der Waals surface area contributed by atoms with E-state index < -0.39 is 18.5 Å². The molecule has 0 fully saturated rings. The molecule has 142 valence electrons. The number of phenolic OH excluding ortho intramolecular Hbond substituents is 1. The number of carbonyl (C=O) groups is 2. The highest BCUT2D eigenvalue weighted by molar-refractivity contribution is 5.91. The van der Waals surface area contributed by atoms with Gasteiger partial charge in [0.2, 0.25) is 0 Å². The number of benzene rings is 3. The Kier molecular flexibility index (Phi) is 6.41. The average Bonchev–Trinajstić information content (AvgIpc) is 2.73. The zero-order valence-electron chi connectivity index (χ0n) is 15.2. The molecule has 0 saturated heterocycles. The molecule has 3 aromatic carbocycles. The Morgan fingerprint density at radius 3 is 2.25 bits per heavy atom. The minimum absolute atomic E-state index is 0.0362. The lowest BCUT2D eigenvalue weighted by Crippen LogP contribution is -2.33. The average molecular weight is 375 g/mol. The summed E-state index contributed by atoms with van der Waals surface area (Å²) in [5.74, 6) is -1.09. The molecule has 0 unspecified atom stereocenters. The number of rotatable bonds is 7. The van der Waals surface area contributed by atoms with Crippen LogP contribution in [0.25, 0.3) is 0 Å². The van der Waals surface area contributed by atoms with E-state index in [4.69, 9.17) is 4.74 Å². The van der Waals surface area contributed by atoms with Gasteiger partial charge in [-0.2, -0.15) is 0 Å². The van der Waals surface area contributed by atoms with Crippen LogP contribution in [0.2, 0.25) is 0 Å². The molecule has 0 heterocycles. The molecule has 0 spiro atoms. The molecule has 1 amide bonds. The van der Waals surface area contributed by atoms with Crippen molar-refractivity contribution in [1.29, 1.82) is 0 Å². The van der Waals surface area contributed by atoms with E-state index in [0.29, 0.717) is 6.42 Å². The number of ether oxygens (including phenoxy) is 1. The van der Waals surface area contributed by atoms with Gasteiger partial charge >= 0.3 is 5.97 Å². The van der Waals surface area contributed by atoms with Gasteiger partial charge in [-0.05, 0) is 35.7 Å². The van der Waals surface area contributed by atoms with Crippen molar-refractivity contribution in [2.75, 3.05) is 6.61 Å². The third kappa shape index (κ3) is 5.45. The van der Waals surface area contributed by atoms with Gasteiger partial charge in [0.1, 0.15) is 5.75 Å². The highest BCUT2D eigenvalue weighted by Gasteiger charge is 2.17. The van der Waals surface area contributed by atoms with Gasteiger partial charge in [0.05, 0.1) is 11.6 Å². The minimum atomic E-state index is -0.662. The third-order valence-electron chi connectivity index (χ3n) is 4.24. The van der Waals surface area contributed by atoms with Gasteiger partial charge < -0.3 is 15.2 Å². The van der Waals surface area contributed by atoms with E-state index in [0.717, 1.165) is 11.1 Å². The zero-order chi connectivity index (χ0) is 19.8. The van der Waals surface area contributed by atoms with Gasteiger partial charge in [-0.15, -0.1) is 0 Å². The van der Waals surface area contributed by atoms with Crippen molar-refractivity contribution in [3.05, 3.63) is 102 Å². The van der Waals surface area contributed by atoms with E-state index in [2.05, 4.69) is 5.32 Å². The molecule has 3 aromatic rings. The maximum Gasteiger partial charge on any atom is 0.338 e. The number of aromatic hydroxyl groups is 1. The lowest BCUT2D eigenvalue weighted by Gasteiger charge is -2.19. The van der Waals surface area contributed by atoms with Crippen molar-refractivity contribution in [2.24, 2.45) is 0 Å². The smallest absolute Gasteiger partial charge is 0.338 e. The Morgan fingerprint density at radius 2 is 1.57 bits per heavy atom. The van der Waals surface area contributed by atoms with E-state index in [9.17, 15) is 14.7 Å². The lowest BCUT2D eigenvalue weighted by atomic mass is 9.99. The normalized spacial score (nSPS) is 11.4. The fourth-order valence-corrected chi connectivity index (χ4v) is 2.87. The van der Waals surface area contributed by atoms with Crippen molar-refractivity contribution >= 4 is 11.9 Å². The number of amides is 1. The first-order chi connectivity index (χ1) is 13.6. The summed E-state index contributed by atoms with van der Waals surface area (Å²) in [7, 11) is 0. The summed E-state index contributed by atoms with van der Waals surface area (Å²) in [6, 6.07) is 25.1. The van der Waals surface area contributed by atoms with Gasteiger partial charge in [0.15, 0.2) is 6.61 Å². The topological polar surface area (TPSA) is 75.6 Å². The minimum Gasteiger partial charge on any atom is -0.508 e. The van der Waals surface area contributed by atoms with Crippen LogP contribution < -0.4 is 5.32 Å². The van der Waals surface area contributed by atoms with Crippen LogP contribution in [0.5, 0.6) is 5.75 Å². The van der Waals surface area contributed by atoms with Crippen molar-refractivity contribution in [1.82, 2.24) is 5.32 Å². The standard InChI is InChI=1S/C23H21NO4/c25-20-13-7-12-19(15-20)23(27)28-16-22(26)24-21(18-10-5-2-6-11-18)14-17-8-3-1-4-9-17/h1-13,15,21,25H,14,16H2,(H,24,26)/t21-/m1/s1. The summed E-state index contributed by atoms with van der Waals surface area (Å²) in [6.07, 6.45) is 0.622. The van der Waals surface area contributed by atoms with Crippen LogP contribution in [0.3, 0.4) is 0 Å². The molecule has 5 nitrogen and oxygen atoms in total. The molecule has 0 saturated carbocycles. The molecule has 5 heteroatoms. The molecule has 0 radical (unpaired) electrons. The maximum absolute atomic E-state index is 12.4. The van der Waals surface area contributed by atoms with Crippen LogP contribution in [-0.2, 0) is 16.0 Å². The number of hydrogen-bond donors (Lipinski definition) is 2. The van der Waals surface area contributed by atoms with Crippen LogP contribution >= 0.6 is 0 Å².